The SMILES string of the molecule is C(=Nc1ccc(-c2ccccc2-c2ccccc2)cc1-c1cccc(-c2ccccc2-c2ccccc2)c1)c1cc(-c2cc(-c3ccccc3-c3ccccc3)ccn2)cc(-c2ccccc2-c2ccccc2)c1. The number of hydrogen-bond acceptors (Lipinski definition) is 2. The molecule has 0 aliphatic heterocycles. The second-order valence-electron chi connectivity index (χ2n) is 18.5. The summed E-state index contributed by atoms with van der Waals surface area (Å²) in [5.41, 5.74) is 24.3. The maximum absolute atomic E-state index is 5.45. The van der Waals surface area contributed by atoms with E-state index in [1.807, 2.05) is 12.4 Å². The summed E-state index contributed by atoms with van der Waals surface area (Å²) in [6.45, 7) is 0. The van der Waals surface area contributed by atoms with Crippen LogP contribution in [-0.2, 0) is 0 Å². The van der Waals surface area contributed by atoms with Crippen molar-refractivity contribution >= 4 is 11.9 Å². The summed E-state index contributed by atoms with van der Waals surface area (Å²) in [7, 11) is 0. The van der Waals surface area contributed by atoms with Gasteiger partial charge in [0.25, 0.3) is 0 Å². The van der Waals surface area contributed by atoms with Gasteiger partial charge in [0.2, 0.25) is 0 Å². The van der Waals surface area contributed by atoms with Crippen LogP contribution in [0.15, 0.2) is 302 Å². The molecule has 0 fully saturated rings. The van der Waals surface area contributed by atoms with Crippen LogP contribution in [0.4, 0.5) is 5.69 Å². The lowest BCUT2D eigenvalue weighted by molar-refractivity contribution is 1.32. The lowest BCUT2D eigenvalue weighted by Gasteiger charge is -2.15. The molecule has 1 heterocycles. The summed E-state index contributed by atoms with van der Waals surface area (Å²) in [6, 6.07) is 104. The van der Waals surface area contributed by atoms with Gasteiger partial charge in [0, 0.05) is 23.5 Å². The van der Waals surface area contributed by atoms with E-state index in [0.29, 0.717) is 0 Å². The van der Waals surface area contributed by atoms with Gasteiger partial charge in [-0.15, -0.1) is 0 Å². The Balaban J connectivity index is 1.01. The first kappa shape index (κ1) is 45.4. The average molecular weight is 943 g/mol. The maximum Gasteiger partial charge on any atom is 0.0708 e. The molecule has 0 radical (unpaired) electrons. The molecule has 0 saturated carbocycles. The smallest absolute Gasteiger partial charge is 0.0708 e. The minimum Gasteiger partial charge on any atom is -0.256 e. The first-order valence-electron chi connectivity index (χ1n) is 25.2. The van der Waals surface area contributed by atoms with Crippen molar-refractivity contribution in [2.24, 2.45) is 4.99 Å². The molecule has 0 amide bonds. The number of aromatic nitrogens is 1. The van der Waals surface area contributed by atoms with Crippen molar-refractivity contribution in [1.82, 2.24) is 4.98 Å². The monoisotopic (exact) mass is 942 g/mol. The van der Waals surface area contributed by atoms with E-state index in [2.05, 4.69) is 291 Å². The Labute approximate surface area is 434 Å². The predicted molar refractivity (Wildman–Crippen MR) is 312 cm³/mol. The molecule has 348 valence electrons. The third-order valence-corrected chi connectivity index (χ3v) is 13.8. The van der Waals surface area contributed by atoms with Crippen LogP contribution in [0.5, 0.6) is 0 Å². The fourth-order valence-electron chi connectivity index (χ4n) is 10.2. The predicted octanol–water partition coefficient (Wildman–Crippen LogP) is 19.5. The van der Waals surface area contributed by atoms with Gasteiger partial charge in [0.05, 0.1) is 11.4 Å². The Hall–Kier alpha value is -9.76. The standard InChI is InChI=1S/C72H50N2/c1-5-22-52(23-6-1)62-32-13-17-36-66(62)56-30-21-31-57(46-56)70-48-58(67-37-18-14-33-63(67)53-24-7-2-8-25-53)40-41-71(70)74-50-51-44-60(69-39-20-16-35-65(69)55-28-11-4-12-29-55)47-61(45-51)72-49-59(42-43-73-72)68-38-19-15-34-64(68)54-26-9-3-10-27-54/h1-50H. The summed E-state index contributed by atoms with van der Waals surface area (Å²) in [5.74, 6) is 0. The number of pyridine rings is 1. The van der Waals surface area contributed by atoms with Crippen molar-refractivity contribution in [1.29, 1.82) is 0 Å². The minimum absolute atomic E-state index is 0.869. The highest BCUT2D eigenvalue weighted by Crippen LogP contribution is 2.42. The zero-order valence-corrected chi connectivity index (χ0v) is 40.8. The van der Waals surface area contributed by atoms with Crippen LogP contribution < -0.4 is 0 Å². The molecule has 12 aromatic rings. The van der Waals surface area contributed by atoms with Crippen molar-refractivity contribution < 1.29 is 0 Å². The van der Waals surface area contributed by atoms with Crippen LogP contribution in [-0.4, -0.2) is 11.2 Å². The Kier molecular flexibility index (Phi) is 12.8. The molecular formula is C72H50N2. The summed E-state index contributed by atoms with van der Waals surface area (Å²) in [6.07, 6.45) is 3.96. The first-order chi connectivity index (χ1) is 36.7. The largest absolute Gasteiger partial charge is 0.256 e. The van der Waals surface area contributed by atoms with Gasteiger partial charge in [-0.05, 0) is 149 Å². The molecule has 12 rings (SSSR count). The number of nitrogens with zero attached hydrogens (tertiary/aromatic N) is 2. The average Bonchev–Trinajstić information content (AvgIpc) is 3.50. The van der Waals surface area contributed by atoms with Crippen molar-refractivity contribution in [3.63, 3.8) is 0 Å². The summed E-state index contributed by atoms with van der Waals surface area (Å²) in [4.78, 5) is 10.5. The van der Waals surface area contributed by atoms with Gasteiger partial charge >= 0.3 is 0 Å². The molecule has 2 heteroatoms. The fraction of sp³-hybridized carbons (Fsp3) is 0. The van der Waals surface area contributed by atoms with Crippen LogP contribution in [0.2, 0.25) is 0 Å². The van der Waals surface area contributed by atoms with Crippen molar-refractivity contribution in [3.05, 3.63) is 303 Å². The molecule has 1 aromatic heterocycles. The Bertz CT molecular complexity index is 3930. The molecule has 0 unspecified atom stereocenters. The van der Waals surface area contributed by atoms with E-state index in [-0.39, 0.29) is 0 Å². The van der Waals surface area contributed by atoms with Gasteiger partial charge in [-0.3, -0.25) is 9.98 Å². The maximum atomic E-state index is 5.45. The van der Waals surface area contributed by atoms with E-state index < -0.39 is 0 Å². The van der Waals surface area contributed by atoms with Crippen LogP contribution in [0.3, 0.4) is 0 Å². The minimum atomic E-state index is 0.869. The highest BCUT2D eigenvalue weighted by molar-refractivity contribution is 5.95. The Morgan fingerprint density at radius 1 is 0.230 bits per heavy atom. The number of hydrogen-bond donors (Lipinski definition) is 0. The first-order valence-corrected chi connectivity index (χ1v) is 25.2. The van der Waals surface area contributed by atoms with Crippen molar-refractivity contribution in [2.75, 3.05) is 0 Å². The van der Waals surface area contributed by atoms with Gasteiger partial charge in [-0.1, -0.05) is 243 Å². The van der Waals surface area contributed by atoms with Crippen LogP contribution in [0.25, 0.3) is 111 Å². The van der Waals surface area contributed by atoms with Gasteiger partial charge in [-0.2, -0.15) is 0 Å². The van der Waals surface area contributed by atoms with Crippen molar-refractivity contribution in [3.8, 4) is 111 Å². The van der Waals surface area contributed by atoms with E-state index in [1.54, 1.807) is 0 Å². The number of aliphatic imine (C=N–C) groups is 1. The zero-order chi connectivity index (χ0) is 49.5. The molecule has 0 bridgehead atoms. The van der Waals surface area contributed by atoms with Gasteiger partial charge in [-0.25, -0.2) is 0 Å². The van der Waals surface area contributed by atoms with E-state index in [1.165, 1.54) is 38.9 Å². The summed E-state index contributed by atoms with van der Waals surface area (Å²) < 4.78 is 0. The fourth-order valence-corrected chi connectivity index (χ4v) is 10.2. The molecule has 0 saturated heterocycles. The Morgan fingerprint density at radius 3 is 1.03 bits per heavy atom. The quantitative estimate of drug-likeness (QED) is 0.112. The molecule has 0 N–H and O–H groups in total. The summed E-state index contributed by atoms with van der Waals surface area (Å²) in [5, 5.41) is 0. The van der Waals surface area contributed by atoms with Crippen LogP contribution in [0.1, 0.15) is 5.56 Å². The molecule has 74 heavy (non-hydrogen) atoms. The van der Waals surface area contributed by atoms with Crippen molar-refractivity contribution in [2.45, 2.75) is 0 Å². The summed E-state index contributed by atoms with van der Waals surface area (Å²) >= 11 is 0. The third-order valence-electron chi connectivity index (χ3n) is 13.8. The highest BCUT2D eigenvalue weighted by atomic mass is 14.7. The lowest BCUT2D eigenvalue weighted by atomic mass is 9.90. The molecule has 0 aliphatic carbocycles. The van der Waals surface area contributed by atoms with Gasteiger partial charge in [0.15, 0.2) is 0 Å². The second kappa shape index (κ2) is 20.9. The third kappa shape index (κ3) is 9.56. The van der Waals surface area contributed by atoms with E-state index in [4.69, 9.17) is 9.98 Å². The highest BCUT2D eigenvalue weighted by Gasteiger charge is 2.16. The number of benzene rings is 11. The Morgan fingerprint density at radius 2 is 0.568 bits per heavy atom. The lowest BCUT2D eigenvalue weighted by Crippen LogP contribution is -1.93. The molecule has 0 atom stereocenters. The van der Waals surface area contributed by atoms with Gasteiger partial charge < -0.3 is 0 Å². The van der Waals surface area contributed by atoms with Crippen LogP contribution in [0, 0.1) is 0 Å². The van der Waals surface area contributed by atoms with E-state index >= 15 is 0 Å². The second-order valence-corrected chi connectivity index (χ2v) is 18.5. The molecule has 0 spiro atoms. The van der Waals surface area contributed by atoms with E-state index in [9.17, 15) is 0 Å². The van der Waals surface area contributed by atoms with E-state index in [0.717, 1.165) is 83.7 Å². The number of rotatable bonds is 12. The molecule has 2 nitrogen and oxygen atoms in total. The molecule has 0 aliphatic rings. The zero-order valence-electron chi connectivity index (χ0n) is 40.8. The van der Waals surface area contributed by atoms with Crippen LogP contribution >= 0.6 is 0 Å². The topological polar surface area (TPSA) is 25.2 Å². The normalized spacial score (nSPS) is 11.2. The molecule has 11 aromatic carbocycles. The van der Waals surface area contributed by atoms with Gasteiger partial charge in [0.1, 0.15) is 0 Å². The molecular weight excluding hydrogens is 893 g/mol.